The third-order valence-electron chi connectivity index (χ3n) is 4.17. The van der Waals surface area contributed by atoms with Crippen LogP contribution < -0.4 is 5.32 Å². The van der Waals surface area contributed by atoms with Crippen LogP contribution in [0.3, 0.4) is 0 Å². The number of carbonyl (C=O) groups excluding carboxylic acids is 1. The van der Waals surface area contributed by atoms with E-state index in [4.69, 9.17) is 0 Å². The zero-order chi connectivity index (χ0) is 14.4. The molecular formula is C15H31N3O. The van der Waals surface area contributed by atoms with E-state index in [1.54, 1.807) is 0 Å². The average molecular weight is 269 g/mol. The van der Waals surface area contributed by atoms with Crippen LogP contribution in [0, 0.1) is 11.8 Å². The lowest BCUT2D eigenvalue weighted by molar-refractivity contribution is -0.139. The van der Waals surface area contributed by atoms with Crippen LogP contribution in [0.1, 0.15) is 33.1 Å². The fraction of sp³-hybridized carbons (Fsp3) is 0.933. The van der Waals surface area contributed by atoms with E-state index in [1.165, 1.54) is 6.42 Å². The van der Waals surface area contributed by atoms with Crippen molar-refractivity contribution in [1.82, 2.24) is 15.1 Å². The summed E-state index contributed by atoms with van der Waals surface area (Å²) in [5.41, 5.74) is 0. The van der Waals surface area contributed by atoms with Gasteiger partial charge >= 0.3 is 0 Å². The third kappa shape index (κ3) is 4.77. The molecular weight excluding hydrogens is 238 g/mol. The van der Waals surface area contributed by atoms with Gasteiger partial charge in [-0.25, -0.2) is 0 Å². The van der Waals surface area contributed by atoms with Gasteiger partial charge in [0.15, 0.2) is 0 Å². The highest BCUT2D eigenvalue weighted by Crippen LogP contribution is 2.22. The Hall–Kier alpha value is -0.610. The molecule has 0 aliphatic carbocycles. The molecule has 4 heteroatoms. The topological polar surface area (TPSA) is 35.6 Å². The molecule has 1 aliphatic rings. The molecule has 1 N–H and O–H groups in total. The van der Waals surface area contributed by atoms with Crippen molar-refractivity contribution in [3.05, 3.63) is 0 Å². The summed E-state index contributed by atoms with van der Waals surface area (Å²) in [6, 6.07) is 0.0221. The number of carbonyl (C=O) groups is 1. The molecule has 1 amide bonds. The summed E-state index contributed by atoms with van der Waals surface area (Å²) in [5.74, 6) is 1.46. The van der Waals surface area contributed by atoms with Gasteiger partial charge in [-0.15, -0.1) is 0 Å². The van der Waals surface area contributed by atoms with Gasteiger partial charge in [-0.3, -0.25) is 9.69 Å². The molecule has 0 aromatic rings. The van der Waals surface area contributed by atoms with Gasteiger partial charge in [0.2, 0.25) is 5.91 Å². The smallest absolute Gasteiger partial charge is 0.240 e. The molecule has 19 heavy (non-hydrogen) atoms. The van der Waals surface area contributed by atoms with Crippen molar-refractivity contribution in [1.29, 1.82) is 0 Å². The summed E-state index contributed by atoms with van der Waals surface area (Å²) in [4.78, 5) is 16.7. The molecule has 0 aromatic heterocycles. The molecule has 1 aliphatic heterocycles. The predicted molar refractivity (Wildman–Crippen MR) is 80.2 cm³/mol. The fourth-order valence-corrected chi connectivity index (χ4v) is 3.08. The average Bonchev–Trinajstić information content (AvgIpc) is 2.36. The van der Waals surface area contributed by atoms with E-state index in [0.29, 0.717) is 11.8 Å². The van der Waals surface area contributed by atoms with Gasteiger partial charge in [0.25, 0.3) is 0 Å². The molecule has 112 valence electrons. The standard InChI is InChI=1S/C15H31N3O/c1-12(2)14(17(4)5)15(19)18-10-7-13(8-11-18)6-9-16-3/h12-14,16H,6-11H2,1-5H3. The van der Waals surface area contributed by atoms with E-state index in [9.17, 15) is 4.79 Å². The predicted octanol–water partition coefficient (Wildman–Crippen LogP) is 1.42. The lowest BCUT2D eigenvalue weighted by Crippen LogP contribution is -2.51. The first kappa shape index (κ1) is 16.4. The SMILES string of the molecule is CNCCC1CCN(C(=O)C(C(C)C)N(C)C)CC1. The third-order valence-corrected chi connectivity index (χ3v) is 4.17. The summed E-state index contributed by atoms with van der Waals surface area (Å²) < 4.78 is 0. The minimum Gasteiger partial charge on any atom is -0.341 e. The van der Waals surface area contributed by atoms with Gasteiger partial charge in [0.05, 0.1) is 6.04 Å². The normalized spacial score (nSPS) is 19.2. The van der Waals surface area contributed by atoms with E-state index in [2.05, 4.69) is 29.0 Å². The number of hydrogen-bond acceptors (Lipinski definition) is 3. The second-order valence-corrected chi connectivity index (χ2v) is 6.31. The monoisotopic (exact) mass is 269 g/mol. The van der Waals surface area contributed by atoms with Gasteiger partial charge in [-0.2, -0.15) is 0 Å². The van der Waals surface area contributed by atoms with Gasteiger partial charge in [0.1, 0.15) is 0 Å². The minimum absolute atomic E-state index is 0.0221. The van der Waals surface area contributed by atoms with Crippen LogP contribution in [0.2, 0.25) is 0 Å². The Morgan fingerprint density at radius 1 is 1.32 bits per heavy atom. The number of nitrogens with one attached hydrogen (secondary N) is 1. The Kier molecular flexibility index (Phi) is 6.80. The van der Waals surface area contributed by atoms with Crippen molar-refractivity contribution in [3.8, 4) is 0 Å². The van der Waals surface area contributed by atoms with Crippen LogP contribution in [-0.4, -0.2) is 62.5 Å². The highest BCUT2D eigenvalue weighted by molar-refractivity contribution is 5.82. The zero-order valence-corrected chi connectivity index (χ0v) is 13.3. The Labute approximate surface area is 118 Å². The van der Waals surface area contributed by atoms with E-state index in [0.717, 1.165) is 38.4 Å². The molecule has 0 aromatic carbocycles. The summed E-state index contributed by atoms with van der Waals surface area (Å²) >= 11 is 0. The van der Waals surface area contributed by atoms with E-state index < -0.39 is 0 Å². The highest BCUT2D eigenvalue weighted by Gasteiger charge is 2.31. The highest BCUT2D eigenvalue weighted by atomic mass is 16.2. The molecule has 0 bridgehead atoms. The molecule has 1 heterocycles. The Morgan fingerprint density at radius 2 is 1.89 bits per heavy atom. The molecule has 4 nitrogen and oxygen atoms in total. The van der Waals surface area contributed by atoms with Crippen molar-refractivity contribution < 1.29 is 4.79 Å². The van der Waals surface area contributed by atoms with E-state index in [-0.39, 0.29) is 6.04 Å². The number of nitrogens with zero attached hydrogens (tertiary/aromatic N) is 2. The zero-order valence-electron chi connectivity index (χ0n) is 13.3. The molecule has 1 rings (SSSR count). The van der Waals surface area contributed by atoms with E-state index >= 15 is 0 Å². The Balaban J connectivity index is 2.47. The van der Waals surface area contributed by atoms with Gasteiger partial charge in [-0.05, 0) is 58.8 Å². The molecule has 0 radical (unpaired) electrons. The molecule has 1 fully saturated rings. The van der Waals surface area contributed by atoms with Crippen molar-refractivity contribution in [2.45, 2.75) is 39.2 Å². The van der Waals surface area contributed by atoms with Crippen LogP contribution in [0.15, 0.2) is 0 Å². The number of rotatable bonds is 6. The van der Waals surface area contributed by atoms with Crippen molar-refractivity contribution in [2.75, 3.05) is 40.8 Å². The van der Waals surface area contributed by atoms with Crippen molar-refractivity contribution in [3.63, 3.8) is 0 Å². The van der Waals surface area contributed by atoms with Crippen LogP contribution in [-0.2, 0) is 4.79 Å². The summed E-state index contributed by atoms with van der Waals surface area (Å²) in [7, 11) is 6.01. The Morgan fingerprint density at radius 3 is 2.32 bits per heavy atom. The number of likely N-dealkylation sites (tertiary alicyclic amines) is 1. The maximum atomic E-state index is 12.6. The summed E-state index contributed by atoms with van der Waals surface area (Å²) in [6.45, 7) is 7.21. The lowest BCUT2D eigenvalue weighted by atomic mass is 9.92. The first-order valence-corrected chi connectivity index (χ1v) is 7.57. The molecule has 1 saturated heterocycles. The summed E-state index contributed by atoms with van der Waals surface area (Å²) in [5, 5.41) is 3.21. The summed E-state index contributed by atoms with van der Waals surface area (Å²) in [6.07, 6.45) is 3.55. The first-order chi connectivity index (χ1) is 8.97. The maximum Gasteiger partial charge on any atom is 0.240 e. The van der Waals surface area contributed by atoms with Crippen molar-refractivity contribution in [2.24, 2.45) is 11.8 Å². The van der Waals surface area contributed by atoms with Gasteiger partial charge < -0.3 is 10.2 Å². The largest absolute Gasteiger partial charge is 0.341 e. The van der Waals surface area contributed by atoms with Crippen LogP contribution in [0.4, 0.5) is 0 Å². The van der Waals surface area contributed by atoms with Crippen LogP contribution >= 0.6 is 0 Å². The number of hydrogen-bond donors (Lipinski definition) is 1. The Bertz CT molecular complexity index is 263. The lowest BCUT2D eigenvalue weighted by Gasteiger charge is -2.37. The molecule has 1 unspecified atom stereocenters. The van der Waals surface area contributed by atoms with Crippen LogP contribution in [0.25, 0.3) is 0 Å². The van der Waals surface area contributed by atoms with Crippen molar-refractivity contribution >= 4 is 5.91 Å². The second-order valence-electron chi connectivity index (χ2n) is 6.31. The number of amides is 1. The second kappa shape index (κ2) is 7.85. The quantitative estimate of drug-likeness (QED) is 0.792. The molecule has 0 saturated carbocycles. The first-order valence-electron chi connectivity index (χ1n) is 7.57. The minimum atomic E-state index is 0.0221. The fourth-order valence-electron chi connectivity index (χ4n) is 3.08. The number of likely N-dealkylation sites (N-methyl/N-ethyl adjacent to an activating group) is 1. The van der Waals surface area contributed by atoms with Gasteiger partial charge in [-0.1, -0.05) is 13.8 Å². The van der Waals surface area contributed by atoms with Crippen LogP contribution in [0.5, 0.6) is 0 Å². The maximum absolute atomic E-state index is 12.6. The molecule has 0 spiro atoms. The number of piperidine rings is 1. The van der Waals surface area contributed by atoms with E-state index in [1.807, 2.05) is 21.1 Å². The van der Waals surface area contributed by atoms with Gasteiger partial charge in [0, 0.05) is 13.1 Å². The molecule has 1 atom stereocenters.